The smallest absolute Gasteiger partial charge is 0.307 e. The number of benzene rings is 2. The molecule has 30 heavy (non-hydrogen) atoms. The van der Waals surface area contributed by atoms with Gasteiger partial charge in [-0.1, -0.05) is 6.92 Å². The molecular formula is C19H22FN3O6S. The van der Waals surface area contributed by atoms with Crippen LogP contribution in [0.4, 0.5) is 4.39 Å². The number of halogens is 1. The van der Waals surface area contributed by atoms with Gasteiger partial charge in [-0.05, 0) is 55.5 Å². The van der Waals surface area contributed by atoms with Crippen LogP contribution >= 0.6 is 0 Å². The molecule has 0 fully saturated rings. The Labute approximate surface area is 173 Å². The van der Waals surface area contributed by atoms with Gasteiger partial charge in [-0.3, -0.25) is 9.59 Å². The number of amides is 1. The first-order valence-corrected chi connectivity index (χ1v) is 10.3. The lowest BCUT2D eigenvalue weighted by atomic mass is 10.2. The van der Waals surface area contributed by atoms with Crippen molar-refractivity contribution < 1.29 is 31.9 Å². The van der Waals surface area contributed by atoms with Crippen LogP contribution in [-0.2, 0) is 24.3 Å². The number of esters is 1. The lowest BCUT2D eigenvalue weighted by Crippen LogP contribution is -2.56. The molecule has 0 bridgehead atoms. The van der Waals surface area contributed by atoms with Gasteiger partial charge in [-0.2, -0.15) is 0 Å². The van der Waals surface area contributed by atoms with Gasteiger partial charge in [0, 0.05) is 6.42 Å². The molecule has 0 saturated carbocycles. The summed E-state index contributed by atoms with van der Waals surface area (Å²) in [4.78, 5) is 24.8. The van der Waals surface area contributed by atoms with Crippen LogP contribution in [0.25, 0.3) is 0 Å². The highest BCUT2D eigenvalue weighted by Crippen LogP contribution is 2.23. The first kappa shape index (κ1) is 23.3. The highest BCUT2D eigenvalue weighted by atomic mass is 32.2. The third kappa shape index (κ3) is 6.79. The molecule has 162 valence electrons. The molecule has 1 atom stereocenters. The number of rotatable bonds is 10. The number of ether oxygens (including phenoxy) is 2. The topological polar surface area (TPSA) is 137 Å². The standard InChI is InChI=1S/C19H22FN3O6S/c1-3-18(25)29-19(2,12-17(21)24)22-23-30(26,27)16-10-8-15(9-11-16)28-14-6-4-13(20)5-7-14/h4-11,22-23H,3,12H2,1-2H3,(H2,21,24). The summed E-state index contributed by atoms with van der Waals surface area (Å²) in [6.45, 7) is 2.86. The van der Waals surface area contributed by atoms with Crippen molar-refractivity contribution in [2.24, 2.45) is 5.73 Å². The molecule has 0 radical (unpaired) electrons. The maximum atomic E-state index is 12.9. The lowest BCUT2D eigenvalue weighted by molar-refractivity contribution is -0.163. The Bertz CT molecular complexity index is 996. The number of sulfonamides is 1. The quantitative estimate of drug-likeness (QED) is 0.292. The molecule has 0 spiro atoms. The number of hydrogen-bond acceptors (Lipinski definition) is 7. The van der Waals surface area contributed by atoms with Crippen molar-refractivity contribution in [3.63, 3.8) is 0 Å². The lowest BCUT2D eigenvalue weighted by Gasteiger charge is -2.29. The molecule has 2 aromatic carbocycles. The summed E-state index contributed by atoms with van der Waals surface area (Å²) >= 11 is 0. The Hall–Kier alpha value is -3.02. The molecule has 2 rings (SSSR count). The van der Waals surface area contributed by atoms with Gasteiger partial charge in [-0.25, -0.2) is 18.2 Å². The van der Waals surface area contributed by atoms with E-state index < -0.39 is 39.9 Å². The van der Waals surface area contributed by atoms with Crippen LogP contribution in [-0.4, -0.2) is 26.0 Å². The third-order valence-corrected chi connectivity index (χ3v) is 5.04. The van der Waals surface area contributed by atoms with Crippen molar-refractivity contribution in [1.82, 2.24) is 10.3 Å². The van der Waals surface area contributed by atoms with E-state index in [9.17, 15) is 22.4 Å². The third-order valence-electron chi connectivity index (χ3n) is 3.77. The Morgan fingerprint density at radius 1 is 1.07 bits per heavy atom. The van der Waals surface area contributed by atoms with Gasteiger partial charge in [0.15, 0.2) is 5.72 Å². The van der Waals surface area contributed by atoms with Crippen molar-refractivity contribution >= 4 is 21.9 Å². The Balaban J connectivity index is 2.08. The maximum Gasteiger partial charge on any atom is 0.307 e. The summed E-state index contributed by atoms with van der Waals surface area (Å²) in [6.07, 6.45) is -0.427. The molecule has 11 heteroatoms. The zero-order valence-electron chi connectivity index (χ0n) is 16.3. The van der Waals surface area contributed by atoms with Gasteiger partial charge in [-0.15, -0.1) is 4.83 Å². The van der Waals surface area contributed by atoms with E-state index in [0.717, 1.165) is 0 Å². The summed E-state index contributed by atoms with van der Waals surface area (Å²) in [5.41, 5.74) is 5.83. The van der Waals surface area contributed by atoms with Crippen LogP contribution in [0.3, 0.4) is 0 Å². The second kappa shape index (κ2) is 9.65. The normalized spacial score (nSPS) is 13.3. The molecular weight excluding hydrogens is 417 g/mol. The van der Waals surface area contributed by atoms with E-state index in [1.54, 1.807) is 6.92 Å². The molecule has 0 aromatic heterocycles. The fourth-order valence-electron chi connectivity index (χ4n) is 2.32. The number of carbonyl (C=O) groups is 2. The molecule has 0 aliphatic heterocycles. The van der Waals surface area contributed by atoms with Gasteiger partial charge >= 0.3 is 5.97 Å². The molecule has 0 aliphatic rings. The molecule has 0 saturated heterocycles. The monoisotopic (exact) mass is 439 g/mol. The van der Waals surface area contributed by atoms with E-state index in [4.69, 9.17) is 15.2 Å². The van der Waals surface area contributed by atoms with Crippen LogP contribution < -0.4 is 20.7 Å². The highest BCUT2D eigenvalue weighted by Gasteiger charge is 2.32. The second-order valence-electron chi connectivity index (χ2n) is 6.46. The minimum atomic E-state index is -4.08. The molecule has 0 heterocycles. The summed E-state index contributed by atoms with van der Waals surface area (Å²) in [5, 5.41) is 0. The van der Waals surface area contributed by atoms with Crippen LogP contribution in [0, 0.1) is 5.82 Å². The number of primary amides is 1. The van der Waals surface area contributed by atoms with Crippen molar-refractivity contribution in [3.8, 4) is 11.5 Å². The van der Waals surface area contributed by atoms with E-state index in [-0.39, 0.29) is 11.3 Å². The van der Waals surface area contributed by atoms with Crippen LogP contribution in [0.1, 0.15) is 26.7 Å². The summed E-state index contributed by atoms with van der Waals surface area (Å²) in [5.74, 6) is -1.13. The number of nitrogens with two attached hydrogens (primary N) is 1. The van der Waals surface area contributed by atoms with Gasteiger partial charge in [0.2, 0.25) is 5.91 Å². The largest absolute Gasteiger partial charge is 0.457 e. The highest BCUT2D eigenvalue weighted by molar-refractivity contribution is 7.89. The number of hydrogen-bond donors (Lipinski definition) is 3. The van der Waals surface area contributed by atoms with E-state index >= 15 is 0 Å². The van der Waals surface area contributed by atoms with Crippen LogP contribution in [0.15, 0.2) is 53.4 Å². The van der Waals surface area contributed by atoms with E-state index in [1.807, 2.05) is 0 Å². The minimum Gasteiger partial charge on any atom is -0.457 e. The Morgan fingerprint density at radius 3 is 2.10 bits per heavy atom. The number of hydrazine groups is 1. The summed E-state index contributed by atoms with van der Waals surface area (Å²) in [7, 11) is -4.08. The molecule has 2 aromatic rings. The average Bonchev–Trinajstić information content (AvgIpc) is 2.68. The number of carbonyl (C=O) groups excluding carboxylic acids is 2. The molecule has 1 unspecified atom stereocenters. The second-order valence-corrected chi connectivity index (χ2v) is 8.14. The van der Waals surface area contributed by atoms with Gasteiger partial charge in [0.1, 0.15) is 17.3 Å². The van der Waals surface area contributed by atoms with Gasteiger partial charge in [0.05, 0.1) is 11.3 Å². The first-order valence-electron chi connectivity index (χ1n) is 8.85. The Kier molecular flexibility index (Phi) is 7.48. The molecule has 4 N–H and O–H groups in total. The maximum absolute atomic E-state index is 12.9. The predicted molar refractivity (Wildman–Crippen MR) is 105 cm³/mol. The Morgan fingerprint density at radius 2 is 1.60 bits per heavy atom. The molecule has 0 aliphatic carbocycles. The van der Waals surface area contributed by atoms with Crippen molar-refractivity contribution in [1.29, 1.82) is 0 Å². The van der Waals surface area contributed by atoms with Crippen LogP contribution in [0.5, 0.6) is 11.5 Å². The summed E-state index contributed by atoms with van der Waals surface area (Å²) in [6, 6.07) is 10.7. The fourth-order valence-corrected chi connectivity index (χ4v) is 3.28. The van der Waals surface area contributed by atoms with Crippen molar-refractivity contribution in [2.75, 3.05) is 0 Å². The average molecular weight is 439 g/mol. The zero-order chi connectivity index (χ0) is 22.4. The van der Waals surface area contributed by atoms with E-state index in [1.165, 1.54) is 55.5 Å². The number of nitrogens with one attached hydrogen (secondary N) is 2. The summed E-state index contributed by atoms with van der Waals surface area (Å²) < 4.78 is 48.6. The van der Waals surface area contributed by atoms with Crippen molar-refractivity contribution in [2.45, 2.75) is 37.3 Å². The first-order chi connectivity index (χ1) is 14.0. The molecule has 9 nitrogen and oxygen atoms in total. The SMILES string of the molecule is CCC(=O)OC(C)(CC(N)=O)NNS(=O)(=O)c1ccc(Oc2ccc(F)cc2)cc1. The van der Waals surface area contributed by atoms with Crippen LogP contribution in [0.2, 0.25) is 0 Å². The predicted octanol–water partition coefficient (Wildman–Crippen LogP) is 1.95. The van der Waals surface area contributed by atoms with Crippen molar-refractivity contribution in [3.05, 3.63) is 54.3 Å². The van der Waals surface area contributed by atoms with E-state index in [0.29, 0.717) is 11.5 Å². The zero-order valence-corrected chi connectivity index (χ0v) is 17.2. The molecule has 1 amide bonds. The van der Waals surface area contributed by atoms with Gasteiger partial charge in [0.25, 0.3) is 10.0 Å². The minimum absolute atomic E-state index is 0.0261. The fraction of sp³-hybridized carbons (Fsp3) is 0.263. The van der Waals surface area contributed by atoms with Gasteiger partial charge < -0.3 is 15.2 Å². The van der Waals surface area contributed by atoms with E-state index in [2.05, 4.69) is 10.3 Å².